The molecule has 0 aromatic heterocycles. The Balaban J connectivity index is 2.04. The molecule has 3 N–H and O–H groups in total. The summed E-state index contributed by atoms with van der Waals surface area (Å²) in [5.41, 5.74) is 0. The van der Waals surface area contributed by atoms with E-state index < -0.39 is 30.7 Å². The van der Waals surface area contributed by atoms with Crippen molar-refractivity contribution in [2.24, 2.45) is 0 Å². The number of ether oxygens (including phenoxy) is 3. The zero-order chi connectivity index (χ0) is 24.3. The number of aliphatic hydroxyl groups excluding tert-OH is 3. The van der Waals surface area contributed by atoms with Crippen molar-refractivity contribution in [2.45, 2.75) is 109 Å². The van der Waals surface area contributed by atoms with E-state index in [1.54, 1.807) is 6.92 Å². The highest BCUT2D eigenvalue weighted by Crippen LogP contribution is 2.22. The van der Waals surface area contributed by atoms with Crippen LogP contribution in [0.25, 0.3) is 0 Å². The van der Waals surface area contributed by atoms with Gasteiger partial charge in [-0.2, -0.15) is 0 Å². The number of esters is 1. The van der Waals surface area contributed by atoms with Gasteiger partial charge in [-0.25, -0.2) is 0 Å². The third-order valence-corrected chi connectivity index (χ3v) is 5.44. The van der Waals surface area contributed by atoms with Crippen molar-refractivity contribution in [1.29, 1.82) is 0 Å². The summed E-state index contributed by atoms with van der Waals surface area (Å²) in [7, 11) is 0. The van der Waals surface area contributed by atoms with Gasteiger partial charge in [0, 0.05) is 13.0 Å². The largest absolute Gasteiger partial charge is 0.463 e. The zero-order valence-corrected chi connectivity index (χ0v) is 20.3. The molecule has 33 heavy (non-hydrogen) atoms. The van der Waals surface area contributed by atoms with E-state index >= 15 is 0 Å². The van der Waals surface area contributed by atoms with Crippen molar-refractivity contribution >= 4 is 5.97 Å². The van der Waals surface area contributed by atoms with Gasteiger partial charge in [0.25, 0.3) is 0 Å². The lowest BCUT2D eigenvalue weighted by molar-refractivity contribution is -0.300. The Morgan fingerprint density at radius 2 is 1.45 bits per heavy atom. The van der Waals surface area contributed by atoms with Crippen molar-refractivity contribution in [3.8, 4) is 0 Å². The monoisotopic (exact) mass is 468 g/mol. The SMILES string of the molecule is CCC=CCC=CCC=CCCCCCCCC(=O)OC[C@H]1OC(OCC)[C@H](O)[C@@H](O)[C@@H]1O. The van der Waals surface area contributed by atoms with Gasteiger partial charge in [0.1, 0.15) is 31.0 Å². The standard InChI is InChI=1S/C26H44O7/c1-3-5-6-7-8-9-10-11-12-13-14-15-16-17-18-19-22(27)32-20-21-23(28)24(29)25(30)26(33-21)31-4-2/h5-6,8-9,11-12,21,23-26,28-30H,3-4,7,10,13-20H2,1-2H3/t21-,23-,24+,25-,26?/m1/s1. The first-order valence-corrected chi connectivity index (χ1v) is 12.4. The van der Waals surface area contributed by atoms with Gasteiger partial charge >= 0.3 is 5.97 Å². The fraction of sp³-hybridized carbons (Fsp3) is 0.731. The summed E-state index contributed by atoms with van der Waals surface area (Å²) in [5.74, 6) is -0.361. The van der Waals surface area contributed by atoms with Crippen LogP contribution >= 0.6 is 0 Å². The quantitative estimate of drug-likeness (QED) is 0.169. The van der Waals surface area contributed by atoms with E-state index in [4.69, 9.17) is 14.2 Å². The minimum absolute atomic E-state index is 0.190. The molecule has 0 radical (unpaired) electrons. The molecule has 7 heteroatoms. The molecule has 0 bridgehead atoms. The van der Waals surface area contributed by atoms with Crippen LogP contribution in [0.4, 0.5) is 0 Å². The van der Waals surface area contributed by atoms with Crippen LogP contribution in [0.2, 0.25) is 0 Å². The summed E-state index contributed by atoms with van der Waals surface area (Å²) < 4.78 is 15.8. The zero-order valence-electron chi connectivity index (χ0n) is 20.3. The van der Waals surface area contributed by atoms with E-state index in [0.717, 1.165) is 57.8 Å². The van der Waals surface area contributed by atoms with Crippen LogP contribution < -0.4 is 0 Å². The molecular formula is C26H44O7. The van der Waals surface area contributed by atoms with Crippen LogP contribution in [0.3, 0.4) is 0 Å². The Labute approximate surface area is 199 Å². The smallest absolute Gasteiger partial charge is 0.305 e. The summed E-state index contributed by atoms with van der Waals surface area (Å²) >= 11 is 0. The van der Waals surface area contributed by atoms with Crippen molar-refractivity contribution in [2.75, 3.05) is 13.2 Å². The first kappa shape index (κ1) is 29.5. The van der Waals surface area contributed by atoms with E-state index in [-0.39, 0.29) is 19.2 Å². The van der Waals surface area contributed by atoms with Crippen molar-refractivity contribution < 1.29 is 34.3 Å². The van der Waals surface area contributed by atoms with Crippen LogP contribution in [0.1, 0.15) is 78.1 Å². The number of allylic oxidation sites excluding steroid dienone is 6. The van der Waals surface area contributed by atoms with Crippen LogP contribution in [0, 0.1) is 0 Å². The minimum atomic E-state index is -1.42. The van der Waals surface area contributed by atoms with Crippen molar-refractivity contribution in [3.05, 3.63) is 36.5 Å². The molecule has 0 aliphatic carbocycles. The van der Waals surface area contributed by atoms with E-state index in [0.29, 0.717) is 6.42 Å². The molecule has 190 valence electrons. The van der Waals surface area contributed by atoms with Crippen LogP contribution in [0.15, 0.2) is 36.5 Å². The second-order valence-electron chi connectivity index (χ2n) is 8.25. The number of hydrogen-bond donors (Lipinski definition) is 3. The Morgan fingerprint density at radius 3 is 2.15 bits per heavy atom. The molecule has 0 aromatic carbocycles. The van der Waals surface area contributed by atoms with Gasteiger partial charge in [0.05, 0.1) is 0 Å². The normalized spacial score (nSPS) is 26.0. The number of hydrogen-bond acceptors (Lipinski definition) is 7. The van der Waals surface area contributed by atoms with Crippen LogP contribution in [-0.2, 0) is 19.0 Å². The van der Waals surface area contributed by atoms with Crippen LogP contribution in [-0.4, -0.2) is 65.2 Å². The number of unbranched alkanes of at least 4 members (excludes halogenated alkanes) is 5. The molecule has 0 saturated carbocycles. The third-order valence-electron chi connectivity index (χ3n) is 5.44. The van der Waals surface area contributed by atoms with Crippen molar-refractivity contribution in [3.63, 3.8) is 0 Å². The summed E-state index contributed by atoms with van der Waals surface area (Å²) in [6, 6.07) is 0. The lowest BCUT2D eigenvalue weighted by atomic mass is 9.99. The van der Waals surface area contributed by atoms with Gasteiger partial charge in [-0.05, 0) is 45.4 Å². The number of aliphatic hydroxyl groups is 3. The topological polar surface area (TPSA) is 105 Å². The summed E-state index contributed by atoms with van der Waals surface area (Å²) in [4.78, 5) is 12.0. The number of carbonyl (C=O) groups excluding carboxylic acids is 1. The maximum atomic E-state index is 12.0. The van der Waals surface area contributed by atoms with Crippen molar-refractivity contribution in [1.82, 2.24) is 0 Å². The Kier molecular flexibility index (Phi) is 16.9. The number of carbonyl (C=O) groups is 1. The molecule has 0 aromatic rings. The fourth-order valence-electron chi connectivity index (χ4n) is 3.49. The van der Waals surface area contributed by atoms with Gasteiger partial charge in [-0.1, -0.05) is 62.6 Å². The van der Waals surface area contributed by atoms with E-state index in [1.807, 2.05) is 0 Å². The molecular weight excluding hydrogens is 424 g/mol. The molecule has 0 amide bonds. The van der Waals surface area contributed by atoms with Gasteiger partial charge < -0.3 is 29.5 Å². The molecule has 1 saturated heterocycles. The molecule has 5 atom stereocenters. The average Bonchev–Trinajstić information content (AvgIpc) is 2.81. The van der Waals surface area contributed by atoms with Crippen LogP contribution in [0.5, 0.6) is 0 Å². The molecule has 1 heterocycles. The van der Waals surface area contributed by atoms with E-state index in [2.05, 4.69) is 43.4 Å². The van der Waals surface area contributed by atoms with Gasteiger partial charge in [-0.3, -0.25) is 4.79 Å². The summed E-state index contributed by atoms with van der Waals surface area (Å²) in [6.45, 7) is 3.95. The fourth-order valence-corrected chi connectivity index (χ4v) is 3.49. The van der Waals surface area contributed by atoms with E-state index in [1.165, 1.54) is 0 Å². The van der Waals surface area contributed by atoms with Gasteiger partial charge in [0.15, 0.2) is 6.29 Å². The molecule has 0 spiro atoms. The average molecular weight is 469 g/mol. The lowest BCUT2D eigenvalue weighted by Crippen LogP contribution is -2.59. The third kappa shape index (κ3) is 13.1. The van der Waals surface area contributed by atoms with Gasteiger partial charge in [0.2, 0.25) is 0 Å². The summed E-state index contributed by atoms with van der Waals surface area (Å²) in [5, 5.41) is 29.8. The molecule has 1 rings (SSSR count). The maximum absolute atomic E-state index is 12.0. The van der Waals surface area contributed by atoms with E-state index in [9.17, 15) is 20.1 Å². The number of rotatable bonds is 17. The highest BCUT2D eigenvalue weighted by Gasteiger charge is 2.44. The molecule has 1 unspecified atom stereocenters. The highest BCUT2D eigenvalue weighted by molar-refractivity contribution is 5.69. The molecule has 1 fully saturated rings. The lowest BCUT2D eigenvalue weighted by Gasteiger charge is -2.39. The first-order valence-electron chi connectivity index (χ1n) is 12.4. The highest BCUT2D eigenvalue weighted by atomic mass is 16.7. The Bertz CT molecular complexity index is 587. The predicted octanol–water partition coefficient (Wildman–Crippen LogP) is 3.96. The Morgan fingerprint density at radius 1 is 0.818 bits per heavy atom. The minimum Gasteiger partial charge on any atom is -0.463 e. The maximum Gasteiger partial charge on any atom is 0.305 e. The first-order chi connectivity index (χ1) is 16.0. The summed E-state index contributed by atoms with van der Waals surface area (Å²) in [6.07, 6.45) is 16.6. The second-order valence-corrected chi connectivity index (χ2v) is 8.25. The molecule has 1 aliphatic rings. The van der Waals surface area contributed by atoms with Gasteiger partial charge in [-0.15, -0.1) is 0 Å². The Hall–Kier alpha value is -1.51. The predicted molar refractivity (Wildman–Crippen MR) is 129 cm³/mol. The molecule has 7 nitrogen and oxygen atoms in total. The second kappa shape index (κ2) is 18.9. The molecule has 1 aliphatic heterocycles.